The summed E-state index contributed by atoms with van der Waals surface area (Å²) >= 11 is 0. The number of ether oxygens (including phenoxy) is 1. The van der Waals surface area contributed by atoms with Crippen LogP contribution in [-0.2, 0) is 6.18 Å². The van der Waals surface area contributed by atoms with Crippen molar-refractivity contribution in [2.75, 3.05) is 5.32 Å². The molecule has 134 valence electrons. The van der Waals surface area contributed by atoms with Crippen molar-refractivity contribution >= 4 is 11.6 Å². The van der Waals surface area contributed by atoms with Gasteiger partial charge in [0.25, 0.3) is 5.91 Å². The minimum Gasteiger partial charge on any atom is -0.459 e. The maximum atomic E-state index is 12.8. The highest BCUT2D eigenvalue weighted by molar-refractivity contribution is 6.02. The first-order valence-electron chi connectivity index (χ1n) is 7.37. The van der Waals surface area contributed by atoms with Gasteiger partial charge in [-0.3, -0.25) is 4.79 Å². The van der Waals surface area contributed by atoms with Gasteiger partial charge in [0.2, 0.25) is 5.88 Å². The summed E-state index contributed by atoms with van der Waals surface area (Å²) in [5.41, 5.74) is -0.615. The zero-order chi connectivity index (χ0) is 18.7. The normalized spacial score (nSPS) is 11.2. The third-order valence-electron chi connectivity index (χ3n) is 3.18. The number of hydrogen-bond donors (Lipinski definition) is 1. The van der Waals surface area contributed by atoms with Crippen LogP contribution in [0.3, 0.4) is 0 Å². The molecular weight excluding hydrogens is 351 g/mol. The van der Waals surface area contributed by atoms with Gasteiger partial charge in [0.05, 0.1) is 6.26 Å². The first kappa shape index (κ1) is 17.5. The van der Waals surface area contributed by atoms with E-state index in [-0.39, 0.29) is 23.2 Å². The molecule has 3 aromatic rings. The highest BCUT2D eigenvalue weighted by Gasteiger charge is 2.33. The van der Waals surface area contributed by atoms with Gasteiger partial charge in [0.1, 0.15) is 11.6 Å². The molecule has 1 aromatic carbocycles. The number of alkyl halides is 3. The van der Waals surface area contributed by atoms with Gasteiger partial charge in [0, 0.05) is 11.8 Å². The summed E-state index contributed by atoms with van der Waals surface area (Å²) in [6, 6.07) is 9.88. The van der Waals surface area contributed by atoms with Gasteiger partial charge in [0.15, 0.2) is 11.5 Å². The average Bonchev–Trinajstić information content (AvgIpc) is 3.10. The Balaban J connectivity index is 1.72. The van der Waals surface area contributed by atoms with Crippen molar-refractivity contribution in [2.24, 2.45) is 0 Å². The predicted octanol–water partition coefficient (Wildman–Crippen LogP) is 4.44. The fourth-order valence-corrected chi connectivity index (χ4v) is 2.07. The van der Waals surface area contributed by atoms with Crippen LogP contribution < -0.4 is 10.1 Å². The minimum absolute atomic E-state index is 0.0582. The molecule has 0 saturated carbocycles. The van der Waals surface area contributed by atoms with Gasteiger partial charge in [-0.15, -0.1) is 0 Å². The lowest BCUT2D eigenvalue weighted by atomic mass is 10.3. The molecule has 3 rings (SSSR count). The number of nitrogens with one attached hydrogen (secondary N) is 1. The lowest BCUT2D eigenvalue weighted by Crippen LogP contribution is -2.11. The molecule has 2 aromatic heterocycles. The molecule has 0 aliphatic rings. The van der Waals surface area contributed by atoms with E-state index in [9.17, 15) is 18.0 Å². The van der Waals surface area contributed by atoms with Crippen molar-refractivity contribution in [2.45, 2.75) is 13.1 Å². The number of anilines is 1. The molecule has 1 N–H and O–H groups in total. The number of carbonyl (C=O) groups is 1. The van der Waals surface area contributed by atoms with Crippen LogP contribution in [0.5, 0.6) is 11.6 Å². The van der Waals surface area contributed by atoms with E-state index in [4.69, 9.17) is 9.15 Å². The van der Waals surface area contributed by atoms with Gasteiger partial charge < -0.3 is 14.5 Å². The molecule has 26 heavy (non-hydrogen) atoms. The second-order valence-electron chi connectivity index (χ2n) is 5.19. The predicted molar refractivity (Wildman–Crippen MR) is 84.9 cm³/mol. The molecule has 9 heteroatoms. The summed E-state index contributed by atoms with van der Waals surface area (Å²) in [6.45, 7) is 1.34. The number of benzene rings is 1. The van der Waals surface area contributed by atoms with Crippen molar-refractivity contribution in [3.05, 3.63) is 66.0 Å². The third kappa shape index (κ3) is 4.18. The maximum Gasteiger partial charge on any atom is 0.433 e. The first-order valence-corrected chi connectivity index (χ1v) is 7.37. The number of amides is 1. The Morgan fingerprint density at radius 2 is 1.88 bits per heavy atom. The van der Waals surface area contributed by atoms with Crippen molar-refractivity contribution in [1.82, 2.24) is 9.97 Å². The Kier molecular flexibility index (Phi) is 4.61. The van der Waals surface area contributed by atoms with Crippen LogP contribution >= 0.6 is 0 Å². The zero-order valence-electron chi connectivity index (χ0n) is 13.4. The molecule has 0 atom stereocenters. The maximum absolute atomic E-state index is 12.8. The molecule has 2 heterocycles. The van der Waals surface area contributed by atoms with Crippen molar-refractivity contribution < 1.29 is 27.1 Å². The topological polar surface area (TPSA) is 77.2 Å². The van der Waals surface area contributed by atoms with E-state index in [1.807, 2.05) is 0 Å². The lowest BCUT2D eigenvalue weighted by Gasteiger charge is -2.10. The van der Waals surface area contributed by atoms with Gasteiger partial charge in [-0.25, -0.2) is 4.98 Å². The fourth-order valence-electron chi connectivity index (χ4n) is 2.07. The van der Waals surface area contributed by atoms with Gasteiger partial charge in [-0.2, -0.15) is 18.2 Å². The van der Waals surface area contributed by atoms with Crippen LogP contribution in [0, 0.1) is 6.92 Å². The minimum atomic E-state index is -4.59. The smallest absolute Gasteiger partial charge is 0.433 e. The fraction of sp³-hybridized carbons (Fsp3) is 0.118. The van der Waals surface area contributed by atoms with E-state index in [0.717, 1.165) is 6.07 Å². The summed E-state index contributed by atoms with van der Waals surface area (Å²) in [6.07, 6.45) is -3.21. The Labute approximate surface area is 145 Å². The second kappa shape index (κ2) is 6.87. The van der Waals surface area contributed by atoms with E-state index >= 15 is 0 Å². The van der Waals surface area contributed by atoms with E-state index in [0.29, 0.717) is 5.69 Å². The Morgan fingerprint density at radius 3 is 2.50 bits per heavy atom. The number of rotatable bonds is 4. The van der Waals surface area contributed by atoms with Crippen molar-refractivity contribution in [3.8, 4) is 11.6 Å². The standard InChI is InChI=1S/C17H12F3N3O3/c1-10-21-14(17(18,19)20)9-15(22-10)26-12-6-4-11(5-7-12)23-16(24)13-3-2-8-25-13/h2-9H,1H3,(H,23,24). The Hall–Kier alpha value is -3.36. The van der Waals surface area contributed by atoms with Crippen LogP contribution in [0.15, 0.2) is 53.1 Å². The first-order chi connectivity index (χ1) is 12.3. The largest absolute Gasteiger partial charge is 0.459 e. The van der Waals surface area contributed by atoms with Gasteiger partial charge in [-0.05, 0) is 43.3 Å². The monoisotopic (exact) mass is 363 g/mol. The summed E-state index contributed by atoms with van der Waals surface area (Å²) < 4.78 is 48.7. The Morgan fingerprint density at radius 1 is 1.15 bits per heavy atom. The molecule has 6 nitrogen and oxygen atoms in total. The third-order valence-corrected chi connectivity index (χ3v) is 3.18. The summed E-state index contributed by atoms with van der Waals surface area (Å²) in [5, 5.41) is 2.61. The van der Waals surface area contributed by atoms with Crippen LogP contribution in [0.25, 0.3) is 0 Å². The summed E-state index contributed by atoms with van der Waals surface area (Å²) in [4.78, 5) is 19.0. The molecule has 1 amide bonds. The highest BCUT2D eigenvalue weighted by Crippen LogP contribution is 2.31. The lowest BCUT2D eigenvalue weighted by molar-refractivity contribution is -0.141. The molecule has 0 bridgehead atoms. The number of halogens is 3. The van der Waals surface area contributed by atoms with Gasteiger partial charge in [-0.1, -0.05) is 0 Å². The van der Waals surface area contributed by atoms with Gasteiger partial charge >= 0.3 is 6.18 Å². The molecule has 0 aliphatic heterocycles. The van der Waals surface area contributed by atoms with E-state index in [1.165, 1.54) is 43.5 Å². The zero-order valence-corrected chi connectivity index (χ0v) is 13.4. The van der Waals surface area contributed by atoms with Crippen LogP contribution in [0.1, 0.15) is 22.1 Å². The number of aromatic nitrogens is 2. The SMILES string of the molecule is Cc1nc(Oc2ccc(NC(=O)c3ccco3)cc2)cc(C(F)(F)F)n1. The van der Waals surface area contributed by atoms with E-state index in [2.05, 4.69) is 15.3 Å². The average molecular weight is 363 g/mol. The molecule has 0 aliphatic carbocycles. The number of aryl methyl sites for hydroxylation is 1. The molecule has 0 saturated heterocycles. The quantitative estimate of drug-likeness (QED) is 0.741. The second-order valence-corrected chi connectivity index (χ2v) is 5.19. The van der Waals surface area contributed by atoms with Crippen LogP contribution in [0.2, 0.25) is 0 Å². The van der Waals surface area contributed by atoms with E-state index in [1.54, 1.807) is 6.07 Å². The van der Waals surface area contributed by atoms with Crippen LogP contribution in [-0.4, -0.2) is 15.9 Å². The number of hydrogen-bond acceptors (Lipinski definition) is 5. The molecule has 0 spiro atoms. The number of carbonyl (C=O) groups excluding carboxylic acids is 1. The number of nitrogens with zero attached hydrogens (tertiary/aromatic N) is 2. The summed E-state index contributed by atoms with van der Waals surface area (Å²) in [7, 11) is 0. The number of furan rings is 1. The van der Waals surface area contributed by atoms with Crippen molar-refractivity contribution in [3.63, 3.8) is 0 Å². The molecule has 0 unspecified atom stereocenters. The summed E-state index contributed by atoms with van der Waals surface area (Å²) in [5.74, 6) is -0.298. The molecule has 0 fully saturated rings. The molecular formula is C17H12F3N3O3. The highest BCUT2D eigenvalue weighted by atomic mass is 19.4. The Bertz CT molecular complexity index is 907. The molecule has 0 radical (unpaired) electrons. The van der Waals surface area contributed by atoms with Crippen molar-refractivity contribution in [1.29, 1.82) is 0 Å². The van der Waals surface area contributed by atoms with Crippen LogP contribution in [0.4, 0.5) is 18.9 Å². The van der Waals surface area contributed by atoms with E-state index < -0.39 is 17.8 Å².